The van der Waals surface area contributed by atoms with E-state index in [4.69, 9.17) is 9.47 Å². The minimum atomic E-state index is -0.366. The first-order chi connectivity index (χ1) is 18.5. The molecule has 0 aliphatic heterocycles. The van der Waals surface area contributed by atoms with Gasteiger partial charge in [0.05, 0.1) is 11.7 Å². The van der Waals surface area contributed by atoms with E-state index in [1.807, 2.05) is 36.4 Å². The van der Waals surface area contributed by atoms with Crippen LogP contribution in [0.15, 0.2) is 72.8 Å². The van der Waals surface area contributed by atoms with Crippen LogP contribution in [0.4, 0.5) is 0 Å². The zero-order chi connectivity index (χ0) is 27.2. The summed E-state index contributed by atoms with van der Waals surface area (Å²) in [5.74, 6) is 1.79. The molecule has 0 spiro atoms. The van der Waals surface area contributed by atoms with Gasteiger partial charge in [-0.2, -0.15) is 0 Å². The summed E-state index contributed by atoms with van der Waals surface area (Å²) in [5, 5.41) is 0. The number of carbonyl (C=O) groups is 1. The number of ether oxygens (including phenoxy) is 2. The first-order valence-electron chi connectivity index (χ1n) is 14.7. The van der Waals surface area contributed by atoms with Crippen molar-refractivity contribution < 1.29 is 14.3 Å². The number of unbranched alkanes of at least 4 members (excludes halogenated alkanes) is 4. The van der Waals surface area contributed by atoms with Gasteiger partial charge in [-0.1, -0.05) is 95.7 Å². The zero-order valence-corrected chi connectivity index (χ0v) is 23.9. The summed E-state index contributed by atoms with van der Waals surface area (Å²) in [6.45, 7) is 8.93. The molecule has 0 fully saturated rings. The van der Waals surface area contributed by atoms with Crippen molar-refractivity contribution in [3.05, 3.63) is 83.9 Å². The quantitative estimate of drug-likeness (QED) is 0.108. The summed E-state index contributed by atoms with van der Waals surface area (Å²) in [7, 11) is 0. The van der Waals surface area contributed by atoms with E-state index in [2.05, 4.69) is 52.0 Å². The second-order valence-corrected chi connectivity index (χ2v) is 10.7. The molecule has 0 amide bonds. The Morgan fingerprint density at radius 2 is 1.29 bits per heavy atom. The minimum Gasteiger partial charge on any atom is -0.491 e. The Labute approximate surface area is 230 Å². The van der Waals surface area contributed by atoms with Gasteiger partial charge in [-0.05, 0) is 91.6 Å². The number of hydrogen-bond acceptors (Lipinski definition) is 3. The zero-order valence-electron chi connectivity index (χ0n) is 23.9. The van der Waals surface area contributed by atoms with E-state index in [-0.39, 0.29) is 12.1 Å². The lowest BCUT2D eigenvalue weighted by Crippen LogP contribution is -2.12. The van der Waals surface area contributed by atoms with Crippen LogP contribution in [0.1, 0.15) is 101 Å². The monoisotopic (exact) mass is 514 g/mol. The van der Waals surface area contributed by atoms with Crippen LogP contribution in [0.2, 0.25) is 0 Å². The maximum Gasteiger partial charge on any atom is 0.343 e. The number of rotatable bonds is 16. The van der Waals surface area contributed by atoms with Crippen molar-refractivity contribution in [3.63, 3.8) is 0 Å². The summed E-state index contributed by atoms with van der Waals surface area (Å²) in [5.41, 5.74) is 4.18. The van der Waals surface area contributed by atoms with Gasteiger partial charge in [-0.25, -0.2) is 4.79 Å². The minimum absolute atomic E-state index is 0.166. The molecule has 3 heteroatoms. The van der Waals surface area contributed by atoms with E-state index in [9.17, 15) is 4.79 Å². The van der Waals surface area contributed by atoms with Crippen molar-refractivity contribution in [1.29, 1.82) is 0 Å². The van der Waals surface area contributed by atoms with Gasteiger partial charge in [0, 0.05) is 0 Å². The van der Waals surface area contributed by atoms with Gasteiger partial charge in [-0.15, -0.1) is 0 Å². The topological polar surface area (TPSA) is 35.5 Å². The molecule has 0 bridgehead atoms. The fourth-order valence-corrected chi connectivity index (χ4v) is 4.59. The smallest absolute Gasteiger partial charge is 0.343 e. The largest absolute Gasteiger partial charge is 0.491 e. The molecule has 0 unspecified atom stereocenters. The second kappa shape index (κ2) is 16.0. The molecule has 0 radical (unpaired) electrons. The first-order valence-corrected chi connectivity index (χ1v) is 14.7. The molecule has 38 heavy (non-hydrogen) atoms. The molecule has 3 nitrogen and oxygen atoms in total. The Kier molecular flexibility index (Phi) is 12.4. The molecule has 0 heterocycles. The molecular formula is C35H46O3. The van der Waals surface area contributed by atoms with Crippen LogP contribution in [-0.4, -0.2) is 12.1 Å². The lowest BCUT2D eigenvalue weighted by Gasteiger charge is -2.14. The highest BCUT2D eigenvalue weighted by molar-refractivity contribution is 5.91. The average Bonchev–Trinajstić information content (AvgIpc) is 2.94. The van der Waals surface area contributed by atoms with Gasteiger partial charge in [0.2, 0.25) is 0 Å². The number of aryl methyl sites for hydroxylation is 1. The highest BCUT2D eigenvalue weighted by Crippen LogP contribution is 2.25. The van der Waals surface area contributed by atoms with Crippen molar-refractivity contribution in [2.45, 2.75) is 98.0 Å². The Morgan fingerprint density at radius 3 is 1.92 bits per heavy atom. The Balaban J connectivity index is 1.46. The summed E-state index contributed by atoms with van der Waals surface area (Å²) in [6, 6.07) is 23.8. The van der Waals surface area contributed by atoms with Crippen molar-refractivity contribution in [2.24, 2.45) is 5.92 Å². The normalized spacial score (nSPS) is 12.6. The van der Waals surface area contributed by atoms with Crippen LogP contribution in [-0.2, 0) is 6.42 Å². The SMILES string of the molecule is CCCCCC[C@@H](C)Oc1ccc(C(=O)Oc2ccc(-c3ccc(CCCC[C@@H](C)CC)cc3)cc2)cc1. The third-order valence-electron chi connectivity index (χ3n) is 7.35. The van der Waals surface area contributed by atoms with E-state index < -0.39 is 0 Å². The van der Waals surface area contributed by atoms with Crippen LogP contribution in [0.3, 0.4) is 0 Å². The highest BCUT2D eigenvalue weighted by atomic mass is 16.5. The van der Waals surface area contributed by atoms with Gasteiger partial charge in [-0.3, -0.25) is 0 Å². The van der Waals surface area contributed by atoms with Crippen LogP contribution < -0.4 is 9.47 Å². The van der Waals surface area contributed by atoms with Crippen LogP contribution in [0, 0.1) is 5.92 Å². The van der Waals surface area contributed by atoms with E-state index in [1.54, 1.807) is 12.1 Å². The molecule has 3 rings (SSSR count). The van der Waals surface area contributed by atoms with Gasteiger partial charge in [0.1, 0.15) is 11.5 Å². The molecule has 0 aliphatic carbocycles. The maximum atomic E-state index is 12.6. The number of esters is 1. The van der Waals surface area contributed by atoms with Gasteiger partial charge >= 0.3 is 5.97 Å². The van der Waals surface area contributed by atoms with Gasteiger partial charge in [0.15, 0.2) is 0 Å². The summed E-state index contributed by atoms with van der Waals surface area (Å²) >= 11 is 0. The standard InChI is InChI=1S/C35H46O3/c1-5-7-8-9-13-28(4)37-33-25-21-32(22-26-33)35(36)38-34-23-19-31(20-24-34)30-17-15-29(16-18-30)14-11-10-12-27(3)6-2/h15-28H,5-14H2,1-4H3/t27-,28+/m0/s1. The van der Waals surface area contributed by atoms with Gasteiger partial charge < -0.3 is 9.47 Å². The fraction of sp³-hybridized carbons (Fsp3) is 0.457. The van der Waals surface area contributed by atoms with Crippen molar-refractivity contribution in [3.8, 4) is 22.6 Å². The molecular weight excluding hydrogens is 468 g/mol. The third kappa shape index (κ3) is 10.0. The molecule has 204 valence electrons. The molecule has 2 atom stereocenters. The van der Waals surface area contributed by atoms with Crippen molar-refractivity contribution >= 4 is 5.97 Å². The molecule has 0 N–H and O–H groups in total. The average molecular weight is 515 g/mol. The Bertz CT molecular complexity index is 1070. The van der Waals surface area contributed by atoms with E-state index in [0.29, 0.717) is 11.3 Å². The third-order valence-corrected chi connectivity index (χ3v) is 7.35. The molecule has 3 aromatic rings. The lowest BCUT2D eigenvalue weighted by atomic mass is 9.98. The Morgan fingerprint density at radius 1 is 0.684 bits per heavy atom. The van der Waals surface area contributed by atoms with E-state index in [0.717, 1.165) is 30.1 Å². The van der Waals surface area contributed by atoms with E-state index >= 15 is 0 Å². The van der Waals surface area contributed by atoms with E-state index in [1.165, 1.54) is 62.5 Å². The molecule has 0 aromatic heterocycles. The summed E-state index contributed by atoms with van der Waals surface area (Å²) < 4.78 is 11.6. The molecule has 0 saturated heterocycles. The summed E-state index contributed by atoms with van der Waals surface area (Å²) in [6.07, 6.45) is 12.4. The number of carbonyl (C=O) groups excluding carboxylic acids is 1. The van der Waals surface area contributed by atoms with Gasteiger partial charge in [0.25, 0.3) is 0 Å². The van der Waals surface area contributed by atoms with Crippen LogP contribution in [0.5, 0.6) is 11.5 Å². The Hall–Kier alpha value is -3.07. The maximum absolute atomic E-state index is 12.6. The predicted octanol–water partition coefficient (Wildman–Crippen LogP) is 10.1. The lowest BCUT2D eigenvalue weighted by molar-refractivity contribution is 0.0734. The van der Waals surface area contributed by atoms with Crippen LogP contribution in [0.25, 0.3) is 11.1 Å². The summed E-state index contributed by atoms with van der Waals surface area (Å²) in [4.78, 5) is 12.6. The first kappa shape index (κ1) is 29.5. The fourth-order valence-electron chi connectivity index (χ4n) is 4.59. The van der Waals surface area contributed by atoms with Crippen molar-refractivity contribution in [2.75, 3.05) is 0 Å². The molecule has 3 aromatic carbocycles. The second-order valence-electron chi connectivity index (χ2n) is 10.7. The number of hydrogen-bond donors (Lipinski definition) is 0. The number of benzene rings is 3. The predicted molar refractivity (Wildman–Crippen MR) is 159 cm³/mol. The highest BCUT2D eigenvalue weighted by Gasteiger charge is 2.11. The van der Waals surface area contributed by atoms with Crippen molar-refractivity contribution in [1.82, 2.24) is 0 Å². The van der Waals surface area contributed by atoms with Crippen LogP contribution >= 0.6 is 0 Å². The molecule has 0 aliphatic rings. The molecule has 0 saturated carbocycles.